The number of aryl methyl sites for hydroxylation is 1. The number of nitrogens with zero attached hydrogens (tertiary/aromatic N) is 1. The molecule has 1 aromatic heterocycles. The Kier molecular flexibility index (Phi) is 3.92. The number of amides is 2. The molecule has 5 heteroatoms. The third-order valence-corrected chi connectivity index (χ3v) is 3.01. The van der Waals surface area contributed by atoms with Gasteiger partial charge in [-0.1, -0.05) is 0 Å². The summed E-state index contributed by atoms with van der Waals surface area (Å²) in [6.07, 6.45) is 4.12. The van der Waals surface area contributed by atoms with E-state index in [1.807, 2.05) is 6.92 Å². The van der Waals surface area contributed by atoms with E-state index in [0.717, 1.165) is 18.5 Å². The summed E-state index contributed by atoms with van der Waals surface area (Å²) < 4.78 is 0. The summed E-state index contributed by atoms with van der Waals surface area (Å²) in [5.41, 5.74) is 1.34. The van der Waals surface area contributed by atoms with E-state index in [0.29, 0.717) is 18.5 Å². The predicted molar refractivity (Wildman–Crippen MR) is 67.1 cm³/mol. The molecule has 1 aromatic rings. The molecule has 96 valence electrons. The first kappa shape index (κ1) is 12.5. The van der Waals surface area contributed by atoms with Gasteiger partial charge in [0.1, 0.15) is 6.04 Å². The number of aromatic nitrogens is 1. The van der Waals surface area contributed by atoms with Crippen molar-refractivity contribution in [3.05, 3.63) is 29.6 Å². The molecule has 2 amide bonds. The van der Waals surface area contributed by atoms with E-state index < -0.39 is 6.04 Å². The fraction of sp³-hybridized carbons (Fsp3) is 0.462. The molecule has 2 heterocycles. The van der Waals surface area contributed by atoms with Crippen LogP contribution in [0.15, 0.2) is 18.3 Å². The molecule has 1 fully saturated rings. The Morgan fingerprint density at radius 3 is 3.00 bits per heavy atom. The average molecular weight is 247 g/mol. The molecule has 2 N–H and O–H groups in total. The van der Waals surface area contributed by atoms with Crippen LogP contribution in [0.2, 0.25) is 0 Å². The molecule has 5 nitrogen and oxygen atoms in total. The van der Waals surface area contributed by atoms with Gasteiger partial charge in [0.25, 0.3) is 5.91 Å². The summed E-state index contributed by atoms with van der Waals surface area (Å²) in [4.78, 5) is 27.7. The topological polar surface area (TPSA) is 71.1 Å². The number of rotatable bonds is 2. The van der Waals surface area contributed by atoms with Crippen molar-refractivity contribution < 1.29 is 9.59 Å². The maximum absolute atomic E-state index is 12.0. The third-order valence-electron chi connectivity index (χ3n) is 3.01. The first-order chi connectivity index (χ1) is 8.66. The highest BCUT2D eigenvalue weighted by Gasteiger charge is 2.22. The van der Waals surface area contributed by atoms with E-state index >= 15 is 0 Å². The Morgan fingerprint density at radius 1 is 1.44 bits per heavy atom. The van der Waals surface area contributed by atoms with E-state index in [1.54, 1.807) is 12.1 Å². The summed E-state index contributed by atoms with van der Waals surface area (Å²) in [5.74, 6) is -0.342. The second-order valence-corrected chi connectivity index (χ2v) is 4.50. The van der Waals surface area contributed by atoms with Crippen molar-refractivity contribution in [3.63, 3.8) is 0 Å². The molecule has 18 heavy (non-hydrogen) atoms. The summed E-state index contributed by atoms with van der Waals surface area (Å²) >= 11 is 0. The monoisotopic (exact) mass is 247 g/mol. The number of nitrogens with one attached hydrogen (secondary N) is 2. The Bertz CT molecular complexity index is 442. The minimum Gasteiger partial charge on any atom is -0.354 e. The SMILES string of the molecule is Cc1ccc(C(=O)N[C@H]2CCCCNC2=O)cn1. The van der Waals surface area contributed by atoms with Crippen molar-refractivity contribution in [3.8, 4) is 0 Å². The molecular formula is C13H17N3O2. The van der Waals surface area contributed by atoms with Gasteiger partial charge < -0.3 is 10.6 Å². The lowest BCUT2D eigenvalue weighted by atomic mass is 10.1. The largest absolute Gasteiger partial charge is 0.354 e. The van der Waals surface area contributed by atoms with Gasteiger partial charge in [-0.2, -0.15) is 0 Å². The molecule has 0 radical (unpaired) electrons. The van der Waals surface area contributed by atoms with Crippen molar-refractivity contribution in [1.29, 1.82) is 0 Å². The molecule has 1 atom stereocenters. The van der Waals surface area contributed by atoms with Gasteiger partial charge in [0.05, 0.1) is 5.56 Å². The number of hydrogen-bond acceptors (Lipinski definition) is 3. The second kappa shape index (κ2) is 5.62. The first-order valence-corrected chi connectivity index (χ1v) is 6.18. The van der Waals surface area contributed by atoms with Crippen LogP contribution >= 0.6 is 0 Å². The van der Waals surface area contributed by atoms with E-state index in [-0.39, 0.29) is 11.8 Å². The van der Waals surface area contributed by atoms with Crippen molar-refractivity contribution in [2.24, 2.45) is 0 Å². The minimum absolute atomic E-state index is 0.0964. The molecule has 0 saturated carbocycles. The van der Waals surface area contributed by atoms with Crippen LogP contribution in [0.25, 0.3) is 0 Å². The lowest BCUT2D eigenvalue weighted by Gasteiger charge is -2.15. The van der Waals surface area contributed by atoms with Gasteiger partial charge >= 0.3 is 0 Å². The van der Waals surface area contributed by atoms with Gasteiger partial charge in [-0.25, -0.2) is 0 Å². The van der Waals surface area contributed by atoms with Gasteiger partial charge in [0, 0.05) is 18.4 Å². The smallest absolute Gasteiger partial charge is 0.253 e. The van der Waals surface area contributed by atoms with E-state index in [2.05, 4.69) is 15.6 Å². The standard InChI is InChI=1S/C13H17N3O2/c1-9-5-6-10(8-15-9)12(17)16-11-4-2-3-7-14-13(11)18/h5-6,8,11H,2-4,7H2,1H3,(H,14,18)(H,16,17)/t11-/m0/s1. The lowest BCUT2D eigenvalue weighted by molar-refractivity contribution is -0.122. The van der Waals surface area contributed by atoms with Crippen molar-refractivity contribution in [2.75, 3.05) is 6.54 Å². The van der Waals surface area contributed by atoms with Crippen LogP contribution in [0.4, 0.5) is 0 Å². The molecule has 0 aliphatic carbocycles. The van der Waals surface area contributed by atoms with Crippen molar-refractivity contribution in [2.45, 2.75) is 32.2 Å². The highest BCUT2D eigenvalue weighted by atomic mass is 16.2. The van der Waals surface area contributed by atoms with Gasteiger partial charge in [0.15, 0.2) is 0 Å². The van der Waals surface area contributed by atoms with Crippen LogP contribution in [0.3, 0.4) is 0 Å². The number of carbonyl (C=O) groups excluding carboxylic acids is 2. The van der Waals surface area contributed by atoms with Crippen LogP contribution in [0.1, 0.15) is 35.3 Å². The maximum atomic E-state index is 12.0. The van der Waals surface area contributed by atoms with Crippen LogP contribution in [-0.2, 0) is 4.79 Å². The van der Waals surface area contributed by atoms with E-state index in [4.69, 9.17) is 0 Å². The molecule has 1 aliphatic heterocycles. The molecule has 1 aliphatic rings. The molecule has 0 unspecified atom stereocenters. The third kappa shape index (κ3) is 3.06. The summed E-state index contributed by atoms with van der Waals surface area (Å²) in [5, 5.41) is 5.54. The minimum atomic E-state index is -0.429. The van der Waals surface area contributed by atoms with Gasteiger partial charge in [-0.3, -0.25) is 14.6 Å². The van der Waals surface area contributed by atoms with Crippen molar-refractivity contribution >= 4 is 11.8 Å². The zero-order valence-corrected chi connectivity index (χ0v) is 10.4. The average Bonchev–Trinajstić information content (AvgIpc) is 2.56. The number of carbonyl (C=O) groups is 2. The van der Waals surface area contributed by atoms with Crippen molar-refractivity contribution in [1.82, 2.24) is 15.6 Å². The zero-order valence-electron chi connectivity index (χ0n) is 10.4. The Morgan fingerprint density at radius 2 is 2.28 bits per heavy atom. The predicted octanol–water partition coefficient (Wildman–Crippen LogP) is 0.789. The van der Waals surface area contributed by atoms with Crippen LogP contribution in [0, 0.1) is 6.92 Å². The van der Waals surface area contributed by atoms with Crippen LogP contribution < -0.4 is 10.6 Å². The lowest BCUT2D eigenvalue weighted by Crippen LogP contribution is -2.45. The van der Waals surface area contributed by atoms with E-state index in [1.165, 1.54) is 6.20 Å². The van der Waals surface area contributed by atoms with Crippen LogP contribution in [0.5, 0.6) is 0 Å². The molecular weight excluding hydrogens is 230 g/mol. The van der Waals surface area contributed by atoms with Gasteiger partial charge in [-0.05, 0) is 38.3 Å². The maximum Gasteiger partial charge on any atom is 0.253 e. The molecule has 0 spiro atoms. The first-order valence-electron chi connectivity index (χ1n) is 6.18. The molecule has 0 bridgehead atoms. The number of pyridine rings is 1. The highest BCUT2D eigenvalue weighted by molar-refractivity contribution is 5.97. The fourth-order valence-corrected chi connectivity index (χ4v) is 1.92. The molecule has 2 rings (SSSR count). The zero-order chi connectivity index (χ0) is 13.0. The van der Waals surface area contributed by atoms with Gasteiger partial charge in [-0.15, -0.1) is 0 Å². The highest BCUT2D eigenvalue weighted by Crippen LogP contribution is 2.07. The molecule has 0 aromatic carbocycles. The fourth-order valence-electron chi connectivity index (χ4n) is 1.92. The Labute approximate surface area is 106 Å². The number of hydrogen-bond donors (Lipinski definition) is 2. The summed E-state index contributed by atoms with van der Waals surface area (Å²) in [6, 6.07) is 3.07. The summed E-state index contributed by atoms with van der Waals surface area (Å²) in [6.45, 7) is 2.55. The second-order valence-electron chi connectivity index (χ2n) is 4.50. The summed E-state index contributed by atoms with van der Waals surface area (Å²) in [7, 11) is 0. The van der Waals surface area contributed by atoms with Gasteiger partial charge in [0.2, 0.25) is 5.91 Å². The van der Waals surface area contributed by atoms with E-state index in [9.17, 15) is 9.59 Å². The van der Waals surface area contributed by atoms with Crippen LogP contribution in [-0.4, -0.2) is 29.4 Å². The molecule has 1 saturated heterocycles. The Balaban J connectivity index is 2.01. The quantitative estimate of drug-likeness (QED) is 0.811. The Hall–Kier alpha value is -1.91. The normalized spacial score (nSPS) is 19.8.